The number of amides is 1. The smallest absolute Gasteiger partial charge is 0.246 e. The minimum absolute atomic E-state index is 0.00896. The maximum atomic E-state index is 12.6. The fraction of sp³-hybridized carbons (Fsp3) is 0.500. The van der Waals surface area contributed by atoms with Gasteiger partial charge in [0.2, 0.25) is 5.91 Å². The van der Waals surface area contributed by atoms with Crippen LogP contribution in [-0.2, 0) is 4.79 Å². The molecule has 2 aromatic rings. The quantitative estimate of drug-likeness (QED) is 0.859. The number of nitrogens with zero attached hydrogens (tertiary/aromatic N) is 4. The van der Waals surface area contributed by atoms with Gasteiger partial charge in [-0.2, -0.15) is 0 Å². The van der Waals surface area contributed by atoms with E-state index < -0.39 is 0 Å². The average Bonchev–Trinajstić information content (AvgIpc) is 3.17. The third-order valence-corrected chi connectivity index (χ3v) is 3.84. The molecule has 6 nitrogen and oxygen atoms in total. The normalized spacial score (nSPS) is 20.3. The van der Waals surface area contributed by atoms with Gasteiger partial charge in [0.15, 0.2) is 5.76 Å². The molecule has 0 unspecified atom stereocenters. The van der Waals surface area contributed by atoms with E-state index in [0.717, 1.165) is 30.8 Å². The van der Waals surface area contributed by atoms with Crippen LogP contribution in [0.25, 0.3) is 0 Å². The Balaban J connectivity index is 1.80. The number of aromatic nitrogens is 3. The summed E-state index contributed by atoms with van der Waals surface area (Å²) in [6.07, 6.45) is 7.09. The van der Waals surface area contributed by atoms with E-state index in [-0.39, 0.29) is 18.0 Å². The summed E-state index contributed by atoms with van der Waals surface area (Å²) in [6.45, 7) is 4.55. The van der Waals surface area contributed by atoms with Gasteiger partial charge in [-0.05, 0) is 26.7 Å². The van der Waals surface area contributed by atoms with Crippen molar-refractivity contribution >= 4 is 5.91 Å². The van der Waals surface area contributed by atoms with Crippen molar-refractivity contribution in [3.63, 3.8) is 0 Å². The van der Waals surface area contributed by atoms with Crippen molar-refractivity contribution in [3.8, 4) is 0 Å². The predicted molar refractivity (Wildman–Crippen MR) is 71.9 cm³/mol. The number of carbonyl (C=O) groups is 1. The molecule has 1 aliphatic rings. The Hall–Kier alpha value is -2.11. The lowest BCUT2D eigenvalue weighted by molar-refractivity contribution is -0.135. The number of hydrogen-bond donors (Lipinski definition) is 0. The predicted octanol–water partition coefficient (Wildman–Crippen LogP) is 2.10. The number of imidazole rings is 1. The highest BCUT2D eigenvalue weighted by Crippen LogP contribution is 2.33. The van der Waals surface area contributed by atoms with Crippen molar-refractivity contribution in [2.45, 2.75) is 38.8 Å². The van der Waals surface area contributed by atoms with Crippen LogP contribution in [0.15, 0.2) is 29.3 Å². The number of likely N-dealkylation sites (tertiary alicyclic amines) is 1. The van der Waals surface area contributed by atoms with E-state index in [9.17, 15) is 4.79 Å². The summed E-state index contributed by atoms with van der Waals surface area (Å²) in [6, 6.07) is 1.68. The Morgan fingerprint density at radius 3 is 3.05 bits per heavy atom. The summed E-state index contributed by atoms with van der Waals surface area (Å²) in [5.74, 6) is 0.880. The first-order valence-electron chi connectivity index (χ1n) is 6.88. The molecule has 106 valence electrons. The Bertz CT molecular complexity index is 590. The van der Waals surface area contributed by atoms with Crippen LogP contribution in [0.4, 0.5) is 0 Å². The summed E-state index contributed by atoms with van der Waals surface area (Å²) in [5.41, 5.74) is 0.849. The van der Waals surface area contributed by atoms with E-state index in [0.29, 0.717) is 0 Å². The van der Waals surface area contributed by atoms with Gasteiger partial charge in [0.25, 0.3) is 0 Å². The fourth-order valence-electron chi connectivity index (χ4n) is 2.73. The first-order valence-corrected chi connectivity index (χ1v) is 6.88. The molecule has 0 saturated carbocycles. The van der Waals surface area contributed by atoms with Crippen molar-refractivity contribution in [2.75, 3.05) is 6.54 Å². The molecule has 2 aromatic heterocycles. The lowest BCUT2D eigenvalue weighted by Crippen LogP contribution is -2.35. The second-order valence-corrected chi connectivity index (χ2v) is 5.25. The van der Waals surface area contributed by atoms with Crippen molar-refractivity contribution in [3.05, 3.63) is 36.2 Å². The molecule has 0 bridgehead atoms. The van der Waals surface area contributed by atoms with Gasteiger partial charge < -0.3 is 14.0 Å². The summed E-state index contributed by atoms with van der Waals surface area (Å²) >= 11 is 0. The van der Waals surface area contributed by atoms with Crippen LogP contribution in [0.3, 0.4) is 0 Å². The van der Waals surface area contributed by atoms with E-state index in [2.05, 4.69) is 10.1 Å². The highest BCUT2D eigenvalue weighted by atomic mass is 16.5. The number of hydrogen-bond acceptors (Lipinski definition) is 4. The van der Waals surface area contributed by atoms with Crippen LogP contribution in [0.1, 0.15) is 43.3 Å². The molecule has 3 rings (SSSR count). The van der Waals surface area contributed by atoms with Crippen LogP contribution < -0.4 is 0 Å². The summed E-state index contributed by atoms with van der Waals surface area (Å²) in [5, 5.41) is 3.92. The molecule has 2 atom stereocenters. The second-order valence-electron chi connectivity index (χ2n) is 5.25. The van der Waals surface area contributed by atoms with Crippen LogP contribution >= 0.6 is 0 Å². The van der Waals surface area contributed by atoms with Gasteiger partial charge in [-0.3, -0.25) is 4.79 Å². The van der Waals surface area contributed by atoms with Crippen LogP contribution in [0.2, 0.25) is 0 Å². The highest BCUT2D eigenvalue weighted by molar-refractivity contribution is 5.80. The summed E-state index contributed by atoms with van der Waals surface area (Å²) < 4.78 is 7.16. The average molecular weight is 274 g/mol. The fourth-order valence-corrected chi connectivity index (χ4v) is 2.73. The van der Waals surface area contributed by atoms with E-state index in [4.69, 9.17) is 4.52 Å². The molecule has 1 fully saturated rings. The standard InChI is InChI=1S/C14H18N4O2/c1-10-8-13(20-16-10)12-4-3-6-18(12)14(19)11(2)17-7-5-15-9-17/h5,7-9,11-12H,3-4,6H2,1-2H3/t11-,12+/m1/s1. The zero-order valence-corrected chi connectivity index (χ0v) is 11.7. The second kappa shape index (κ2) is 5.11. The molecule has 0 spiro atoms. The molecular formula is C14H18N4O2. The first kappa shape index (κ1) is 12.9. The van der Waals surface area contributed by atoms with Crippen molar-refractivity contribution < 1.29 is 9.32 Å². The third kappa shape index (κ3) is 2.21. The van der Waals surface area contributed by atoms with Gasteiger partial charge in [0, 0.05) is 25.0 Å². The molecule has 0 aliphatic carbocycles. The molecule has 1 aliphatic heterocycles. The molecule has 20 heavy (non-hydrogen) atoms. The largest absolute Gasteiger partial charge is 0.359 e. The van der Waals surface area contributed by atoms with Crippen molar-refractivity contribution in [2.24, 2.45) is 0 Å². The van der Waals surface area contributed by atoms with Gasteiger partial charge in [0.05, 0.1) is 18.1 Å². The molecular weight excluding hydrogens is 256 g/mol. The third-order valence-electron chi connectivity index (χ3n) is 3.84. The number of carbonyl (C=O) groups excluding carboxylic acids is 1. The summed E-state index contributed by atoms with van der Waals surface area (Å²) in [4.78, 5) is 18.5. The highest BCUT2D eigenvalue weighted by Gasteiger charge is 2.34. The molecule has 0 aromatic carbocycles. The zero-order valence-electron chi connectivity index (χ0n) is 11.7. The number of aryl methyl sites for hydroxylation is 1. The first-order chi connectivity index (χ1) is 9.66. The van der Waals surface area contributed by atoms with Crippen LogP contribution in [0.5, 0.6) is 0 Å². The zero-order chi connectivity index (χ0) is 14.1. The van der Waals surface area contributed by atoms with E-state index in [1.54, 1.807) is 12.5 Å². The Labute approximate surface area is 117 Å². The van der Waals surface area contributed by atoms with E-state index >= 15 is 0 Å². The molecule has 1 saturated heterocycles. The lowest BCUT2D eigenvalue weighted by Gasteiger charge is -2.26. The van der Waals surface area contributed by atoms with E-state index in [1.807, 2.05) is 35.6 Å². The van der Waals surface area contributed by atoms with Gasteiger partial charge in [-0.25, -0.2) is 4.98 Å². The molecule has 0 N–H and O–H groups in total. The van der Waals surface area contributed by atoms with Gasteiger partial charge >= 0.3 is 0 Å². The van der Waals surface area contributed by atoms with Crippen LogP contribution in [-0.4, -0.2) is 32.1 Å². The maximum Gasteiger partial charge on any atom is 0.246 e. The SMILES string of the molecule is Cc1cc([C@@H]2CCCN2C(=O)[C@@H](C)n2ccnc2)on1. The molecule has 0 radical (unpaired) electrons. The van der Waals surface area contributed by atoms with Gasteiger partial charge in [0.1, 0.15) is 6.04 Å². The molecule has 6 heteroatoms. The topological polar surface area (TPSA) is 64.2 Å². The van der Waals surface area contributed by atoms with Gasteiger partial charge in [-0.15, -0.1) is 0 Å². The van der Waals surface area contributed by atoms with Crippen LogP contribution in [0, 0.1) is 6.92 Å². The lowest BCUT2D eigenvalue weighted by atomic mass is 10.1. The van der Waals surface area contributed by atoms with E-state index in [1.165, 1.54) is 0 Å². The molecule has 3 heterocycles. The van der Waals surface area contributed by atoms with Crippen molar-refractivity contribution in [1.29, 1.82) is 0 Å². The minimum atomic E-state index is -0.248. The van der Waals surface area contributed by atoms with Gasteiger partial charge in [-0.1, -0.05) is 5.16 Å². The Morgan fingerprint density at radius 1 is 1.55 bits per heavy atom. The number of rotatable bonds is 3. The van der Waals surface area contributed by atoms with Crippen molar-refractivity contribution in [1.82, 2.24) is 19.6 Å². The summed E-state index contributed by atoms with van der Waals surface area (Å²) in [7, 11) is 0. The Kier molecular flexibility index (Phi) is 3.30. The maximum absolute atomic E-state index is 12.6. The Morgan fingerprint density at radius 2 is 2.40 bits per heavy atom. The molecule has 1 amide bonds. The monoisotopic (exact) mass is 274 g/mol. The minimum Gasteiger partial charge on any atom is -0.359 e.